The Labute approximate surface area is 163 Å². The molecule has 0 unspecified atom stereocenters. The van der Waals surface area contributed by atoms with Gasteiger partial charge in [-0.2, -0.15) is 0 Å². The molecule has 0 bridgehead atoms. The Bertz CT molecular complexity index is 844. The lowest BCUT2D eigenvalue weighted by Crippen LogP contribution is -2.55. The van der Waals surface area contributed by atoms with Crippen LogP contribution in [0.1, 0.15) is 31.1 Å². The highest BCUT2D eigenvalue weighted by atomic mass is 35.5. The minimum Gasteiger partial charge on any atom is -0.465 e. The van der Waals surface area contributed by atoms with Crippen molar-refractivity contribution in [2.45, 2.75) is 37.3 Å². The number of hydrogen-bond acceptors (Lipinski definition) is 7. The van der Waals surface area contributed by atoms with Crippen molar-refractivity contribution in [1.29, 1.82) is 0 Å². The van der Waals surface area contributed by atoms with Crippen LogP contribution in [0.15, 0.2) is 29.1 Å². The van der Waals surface area contributed by atoms with E-state index in [2.05, 4.69) is 31.1 Å². The van der Waals surface area contributed by atoms with Crippen LogP contribution in [0.4, 0.5) is 10.6 Å². The second-order valence-corrected chi connectivity index (χ2v) is 6.68. The first kappa shape index (κ1) is 19.5. The van der Waals surface area contributed by atoms with Crippen LogP contribution in [0.2, 0.25) is 5.02 Å². The van der Waals surface area contributed by atoms with E-state index in [0.29, 0.717) is 30.2 Å². The number of hydrogen-bond donors (Lipinski definition) is 4. The summed E-state index contributed by atoms with van der Waals surface area (Å²) >= 11 is 5.72. The third-order valence-electron chi connectivity index (χ3n) is 4.38. The Morgan fingerprint density at radius 3 is 2.61 bits per heavy atom. The third kappa shape index (κ3) is 4.94. The van der Waals surface area contributed by atoms with Gasteiger partial charge in [0.2, 0.25) is 12.3 Å². The van der Waals surface area contributed by atoms with Gasteiger partial charge in [0.1, 0.15) is 5.82 Å². The molecule has 0 radical (unpaired) electrons. The molecule has 0 saturated heterocycles. The molecule has 0 spiro atoms. The molecule has 3 rings (SSSR count). The maximum absolute atomic E-state index is 12.2. The molecular weight excluding hydrogens is 392 g/mol. The summed E-state index contributed by atoms with van der Waals surface area (Å²) in [7, 11) is 0. The van der Waals surface area contributed by atoms with E-state index in [1.165, 1.54) is 24.7 Å². The largest absolute Gasteiger partial charge is 0.465 e. The minimum absolute atomic E-state index is 0.139. The van der Waals surface area contributed by atoms with E-state index >= 15 is 0 Å². The average molecular weight is 409 g/mol. The zero-order valence-corrected chi connectivity index (χ0v) is 15.2. The molecule has 1 saturated carbocycles. The fourth-order valence-corrected chi connectivity index (χ4v) is 3.21. The van der Waals surface area contributed by atoms with Crippen LogP contribution in [0, 0.1) is 0 Å². The van der Waals surface area contributed by atoms with Crippen molar-refractivity contribution in [3.8, 4) is 0 Å². The lowest BCUT2D eigenvalue weighted by molar-refractivity contribution is -0.136. The zero-order chi connectivity index (χ0) is 20.1. The summed E-state index contributed by atoms with van der Waals surface area (Å²) in [5, 5.41) is 24.3. The van der Waals surface area contributed by atoms with Crippen molar-refractivity contribution in [1.82, 2.24) is 25.8 Å². The molecule has 2 aromatic heterocycles. The molecule has 3 amide bonds. The van der Waals surface area contributed by atoms with E-state index in [1.807, 2.05) is 0 Å². The lowest BCUT2D eigenvalue weighted by atomic mass is 9.82. The van der Waals surface area contributed by atoms with Crippen LogP contribution in [-0.2, 0) is 9.59 Å². The monoisotopic (exact) mass is 408 g/mol. The minimum atomic E-state index is -1.23. The number of pyridine rings is 1. The SMILES string of the molecule is O=C(O)N[C@@H]1C[C@@H](c2nnco2)CC[C@@H]1NC(=O)C(=O)Nc1ccc(Cl)cn1. The summed E-state index contributed by atoms with van der Waals surface area (Å²) in [4.78, 5) is 39.3. The van der Waals surface area contributed by atoms with Gasteiger partial charge in [-0.1, -0.05) is 11.6 Å². The van der Waals surface area contributed by atoms with Crippen molar-refractivity contribution >= 4 is 35.3 Å². The van der Waals surface area contributed by atoms with Gasteiger partial charge in [-0.05, 0) is 31.4 Å². The van der Waals surface area contributed by atoms with E-state index in [1.54, 1.807) is 0 Å². The van der Waals surface area contributed by atoms with Crippen molar-refractivity contribution in [2.24, 2.45) is 0 Å². The van der Waals surface area contributed by atoms with Gasteiger partial charge in [-0.25, -0.2) is 9.78 Å². The molecule has 148 valence electrons. The number of aromatic nitrogens is 3. The quantitative estimate of drug-likeness (QED) is 0.548. The topological polar surface area (TPSA) is 159 Å². The number of nitrogens with zero attached hydrogens (tertiary/aromatic N) is 3. The second-order valence-electron chi connectivity index (χ2n) is 6.24. The van der Waals surface area contributed by atoms with Crippen LogP contribution < -0.4 is 16.0 Å². The summed E-state index contributed by atoms with van der Waals surface area (Å²) in [6.45, 7) is 0. The molecule has 1 aliphatic carbocycles. The molecule has 4 N–H and O–H groups in total. The normalized spacial score (nSPS) is 21.5. The molecule has 1 aliphatic rings. The number of rotatable bonds is 4. The fourth-order valence-electron chi connectivity index (χ4n) is 3.10. The van der Waals surface area contributed by atoms with E-state index in [9.17, 15) is 14.4 Å². The molecule has 2 aromatic rings. The number of amides is 3. The molecule has 2 heterocycles. The van der Waals surface area contributed by atoms with Crippen LogP contribution in [0.3, 0.4) is 0 Å². The summed E-state index contributed by atoms with van der Waals surface area (Å²) in [6, 6.07) is 1.80. The molecule has 0 aliphatic heterocycles. The average Bonchev–Trinajstić information content (AvgIpc) is 3.19. The van der Waals surface area contributed by atoms with Gasteiger partial charge >= 0.3 is 17.9 Å². The Kier molecular flexibility index (Phi) is 6.04. The highest BCUT2D eigenvalue weighted by Crippen LogP contribution is 2.32. The van der Waals surface area contributed by atoms with Crippen LogP contribution >= 0.6 is 11.6 Å². The summed E-state index contributed by atoms with van der Waals surface area (Å²) < 4.78 is 5.19. The number of carbonyl (C=O) groups is 3. The predicted octanol–water partition coefficient (Wildman–Crippen LogP) is 1.15. The van der Waals surface area contributed by atoms with Gasteiger partial charge in [-0.15, -0.1) is 10.2 Å². The zero-order valence-electron chi connectivity index (χ0n) is 14.5. The van der Waals surface area contributed by atoms with Crippen molar-refractivity contribution < 1.29 is 23.9 Å². The Balaban J connectivity index is 1.62. The van der Waals surface area contributed by atoms with Gasteiger partial charge in [0.05, 0.1) is 11.1 Å². The number of halogens is 1. The van der Waals surface area contributed by atoms with E-state index < -0.39 is 30.0 Å². The molecule has 12 heteroatoms. The van der Waals surface area contributed by atoms with Gasteiger partial charge in [0.15, 0.2) is 0 Å². The first-order valence-corrected chi connectivity index (χ1v) is 8.79. The summed E-state index contributed by atoms with van der Waals surface area (Å²) in [5.74, 6) is -1.36. The van der Waals surface area contributed by atoms with Crippen LogP contribution in [-0.4, -0.2) is 50.3 Å². The molecule has 0 aromatic carbocycles. The Morgan fingerprint density at radius 1 is 1.14 bits per heavy atom. The van der Waals surface area contributed by atoms with Gasteiger partial charge in [0.25, 0.3) is 0 Å². The summed E-state index contributed by atoms with van der Waals surface area (Å²) in [5.41, 5.74) is 0. The van der Waals surface area contributed by atoms with Crippen molar-refractivity contribution in [3.05, 3.63) is 35.6 Å². The Morgan fingerprint density at radius 2 is 1.96 bits per heavy atom. The van der Waals surface area contributed by atoms with Gasteiger partial charge in [-0.3, -0.25) is 9.59 Å². The number of nitrogens with one attached hydrogen (secondary N) is 3. The fraction of sp³-hybridized carbons (Fsp3) is 0.375. The first-order chi connectivity index (χ1) is 13.4. The van der Waals surface area contributed by atoms with Crippen molar-refractivity contribution in [2.75, 3.05) is 5.32 Å². The third-order valence-corrected chi connectivity index (χ3v) is 4.60. The predicted molar refractivity (Wildman–Crippen MR) is 95.6 cm³/mol. The highest BCUT2D eigenvalue weighted by molar-refractivity contribution is 6.39. The summed E-state index contributed by atoms with van der Waals surface area (Å²) in [6.07, 6.45) is 2.67. The molecule has 28 heavy (non-hydrogen) atoms. The number of anilines is 1. The number of carboxylic acid groups (broad SMARTS) is 1. The standard InChI is InChI=1S/C16H17ClN6O5/c17-9-2-4-12(18-6-9)22-14(25)13(24)20-10-3-1-8(15-23-19-7-28-15)5-11(10)21-16(26)27/h2,4,6-8,10-11,21H,1,3,5H2,(H,20,24)(H,26,27)(H,18,22,25)/t8-,10-,11+/m0/s1. The van der Waals surface area contributed by atoms with Gasteiger partial charge < -0.3 is 25.5 Å². The van der Waals surface area contributed by atoms with Crippen LogP contribution in [0.25, 0.3) is 0 Å². The van der Waals surface area contributed by atoms with E-state index in [0.717, 1.165) is 0 Å². The maximum Gasteiger partial charge on any atom is 0.404 e. The van der Waals surface area contributed by atoms with Gasteiger partial charge in [0, 0.05) is 18.2 Å². The highest BCUT2D eigenvalue weighted by Gasteiger charge is 2.36. The molecular formula is C16H17ClN6O5. The smallest absolute Gasteiger partial charge is 0.404 e. The van der Waals surface area contributed by atoms with Crippen molar-refractivity contribution in [3.63, 3.8) is 0 Å². The van der Waals surface area contributed by atoms with E-state index in [-0.39, 0.29) is 11.7 Å². The second kappa shape index (κ2) is 8.65. The molecule has 1 fully saturated rings. The van der Waals surface area contributed by atoms with E-state index in [4.69, 9.17) is 21.1 Å². The molecule has 3 atom stereocenters. The first-order valence-electron chi connectivity index (χ1n) is 8.41. The maximum atomic E-state index is 12.2. The number of carbonyl (C=O) groups excluding carboxylic acids is 2. The lowest BCUT2D eigenvalue weighted by Gasteiger charge is -2.34. The van der Waals surface area contributed by atoms with Crippen LogP contribution in [0.5, 0.6) is 0 Å². The Hall–Kier alpha value is -3.21. The molecule has 11 nitrogen and oxygen atoms in total.